The predicted octanol–water partition coefficient (Wildman–Crippen LogP) is 2.50. The number of carbonyl (C=O) groups excluding carboxylic acids is 1. The summed E-state index contributed by atoms with van der Waals surface area (Å²) < 4.78 is 4.99. The van der Waals surface area contributed by atoms with Crippen molar-refractivity contribution in [1.82, 2.24) is 11.5 Å². The molecule has 13 heavy (non-hydrogen) atoms. The number of hydrogen-bond donors (Lipinski definition) is 2. The zero-order valence-corrected chi connectivity index (χ0v) is 9.66. The van der Waals surface area contributed by atoms with E-state index in [0.717, 1.165) is 6.42 Å². The Morgan fingerprint density at radius 3 is 2.15 bits per heavy atom. The Morgan fingerprint density at radius 2 is 1.85 bits per heavy atom. The van der Waals surface area contributed by atoms with Crippen LogP contribution in [-0.4, -0.2) is 18.2 Å². The van der Waals surface area contributed by atoms with E-state index in [1.54, 1.807) is 0 Å². The van der Waals surface area contributed by atoms with Crippen LogP contribution in [0.5, 0.6) is 0 Å². The van der Waals surface area contributed by atoms with Gasteiger partial charge in [0.1, 0.15) is 5.60 Å². The molecule has 0 rings (SSSR count). The summed E-state index contributed by atoms with van der Waals surface area (Å²) in [6.45, 7) is 8.21. The predicted molar refractivity (Wildman–Crippen MR) is 56.8 cm³/mol. The second-order valence-electron chi connectivity index (χ2n) is 3.43. The summed E-state index contributed by atoms with van der Waals surface area (Å²) in [7, 11) is 0. The van der Waals surface area contributed by atoms with Crippen LogP contribution in [0.4, 0.5) is 4.79 Å². The van der Waals surface area contributed by atoms with Crippen LogP contribution < -0.4 is 11.5 Å². The van der Waals surface area contributed by atoms with Gasteiger partial charge in [-0.15, -0.1) is 12.4 Å². The molecule has 0 atom stereocenters. The van der Waals surface area contributed by atoms with Crippen LogP contribution in [0.3, 0.4) is 0 Å². The quantitative estimate of drug-likeness (QED) is 0.739. The molecule has 0 aliphatic rings. The van der Waals surface area contributed by atoms with Crippen LogP contribution in [0.1, 0.15) is 34.1 Å². The topological polar surface area (TPSA) is 73.3 Å². The van der Waals surface area contributed by atoms with Gasteiger partial charge < -0.3 is 16.2 Å². The van der Waals surface area contributed by atoms with Crippen molar-refractivity contribution in [2.45, 2.75) is 39.7 Å². The number of rotatable bonds is 2. The molecule has 0 aliphatic carbocycles. The number of carbonyl (C=O) groups is 1. The lowest BCUT2D eigenvalue weighted by molar-refractivity contribution is 0.0528. The summed E-state index contributed by atoms with van der Waals surface area (Å²) in [6.07, 6.45) is 0.596. The molecule has 0 heterocycles. The molecule has 0 saturated heterocycles. The maximum Gasteiger partial charge on any atom is 0.407 e. The molecule has 4 nitrogen and oxygen atoms in total. The monoisotopic (exact) mass is 212 g/mol. The number of hydrogen-bond acceptors (Lipinski definition) is 3. The highest BCUT2D eigenvalue weighted by Crippen LogP contribution is 2.05. The molecule has 82 valence electrons. The van der Waals surface area contributed by atoms with Crippen LogP contribution in [0.2, 0.25) is 0 Å². The third kappa shape index (κ3) is 14.4. The van der Waals surface area contributed by atoms with Crippen molar-refractivity contribution in [1.29, 1.82) is 0 Å². The van der Waals surface area contributed by atoms with E-state index in [-0.39, 0.29) is 24.7 Å². The molecule has 5 heteroatoms. The molecule has 4 N–H and O–H groups in total. The number of ether oxygens (including phenoxy) is 1. The first-order valence-corrected chi connectivity index (χ1v) is 3.92. The van der Waals surface area contributed by atoms with Gasteiger partial charge in [0.2, 0.25) is 0 Å². The molecule has 0 saturated carbocycles. The third-order valence-electron chi connectivity index (χ3n) is 0.918. The van der Waals surface area contributed by atoms with E-state index in [2.05, 4.69) is 5.32 Å². The number of amides is 1. The molecule has 0 aromatic rings. The highest BCUT2D eigenvalue weighted by Gasteiger charge is 2.14. The van der Waals surface area contributed by atoms with Crippen molar-refractivity contribution in [2.75, 3.05) is 6.54 Å². The zero-order chi connectivity index (χ0) is 8.91. The van der Waals surface area contributed by atoms with Gasteiger partial charge in [-0.05, 0) is 27.2 Å². The fraction of sp³-hybridized carbons (Fsp3) is 0.875. The Kier molecular flexibility index (Phi) is 11.5. The second-order valence-corrected chi connectivity index (χ2v) is 3.43. The molecule has 0 fully saturated rings. The average molecular weight is 213 g/mol. The lowest BCUT2D eigenvalue weighted by Gasteiger charge is -2.19. The first kappa shape index (κ1) is 18.3. The fourth-order valence-electron chi connectivity index (χ4n) is 0.541. The first-order valence-electron chi connectivity index (χ1n) is 3.92. The Morgan fingerprint density at radius 1 is 1.38 bits per heavy atom. The van der Waals surface area contributed by atoms with Gasteiger partial charge in [-0.25, -0.2) is 4.79 Å². The number of halogens is 1. The van der Waals surface area contributed by atoms with Crippen LogP contribution in [0, 0.1) is 0 Å². The van der Waals surface area contributed by atoms with Gasteiger partial charge in [-0.2, -0.15) is 0 Å². The number of alkyl carbamates (subject to hydrolysis) is 1. The normalized spacial score (nSPS) is 9.23. The molecule has 0 spiro atoms. The van der Waals surface area contributed by atoms with Gasteiger partial charge in [0.05, 0.1) is 0 Å². The molecule has 1 amide bonds. The van der Waals surface area contributed by atoms with Gasteiger partial charge in [-0.3, -0.25) is 0 Å². The summed E-state index contributed by atoms with van der Waals surface area (Å²) in [5.41, 5.74) is -0.391. The minimum atomic E-state index is -0.391. The molecule has 0 radical (unpaired) electrons. The highest BCUT2D eigenvalue weighted by atomic mass is 35.5. The van der Waals surface area contributed by atoms with Crippen LogP contribution in [0.15, 0.2) is 0 Å². The van der Waals surface area contributed by atoms with E-state index < -0.39 is 5.60 Å². The summed E-state index contributed by atoms with van der Waals surface area (Å²) in [4.78, 5) is 10.9. The first-order chi connectivity index (χ1) is 4.95. The lowest BCUT2D eigenvalue weighted by atomic mass is 10.2. The summed E-state index contributed by atoms with van der Waals surface area (Å²) in [6, 6.07) is 0. The Bertz CT molecular complexity index is 135. The van der Waals surface area contributed by atoms with Gasteiger partial charge >= 0.3 is 6.09 Å². The van der Waals surface area contributed by atoms with Crippen molar-refractivity contribution in [3.05, 3.63) is 0 Å². The Balaban J connectivity index is -0.000000500. The van der Waals surface area contributed by atoms with Gasteiger partial charge in [-0.1, -0.05) is 6.92 Å². The molecule has 0 bridgehead atoms. The van der Waals surface area contributed by atoms with Crippen molar-refractivity contribution < 1.29 is 9.53 Å². The molecular formula is C8H21ClN2O2. The zero-order valence-electron chi connectivity index (χ0n) is 8.85. The summed E-state index contributed by atoms with van der Waals surface area (Å²) in [5, 5.41) is 2.63. The van der Waals surface area contributed by atoms with E-state index in [0.29, 0.717) is 6.54 Å². The van der Waals surface area contributed by atoms with Crippen molar-refractivity contribution in [2.24, 2.45) is 0 Å². The van der Waals surface area contributed by atoms with E-state index in [9.17, 15) is 4.79 Å². The minimum absolute atomic E-state index is 0. The van der Waals surface area contributed by atoms with E-state index >= 15 is 0 Å². The summed E-state index contributed by atoms with van der Waals surface area (Å²) >= 11 is 0. The Hall–Kier alpha value is -0.480. The smallest absolute Gasteiger partial charge is 0.407 e. The molecule has 0 aromatic heterocycles. The maximum absolute atomic E-state index is 10.9. The lowest BCUT2D eigenvalue weighted by Crippen LogP contribution is -2.32. The molecule has 0 aromatic carbocycles. The average Bonchev–Trinajstić information content (AvgIpc) is 1.79. The van der Waals surface area contributed by atoms with Crippen molar-refractivity contribution in [3.63, 3.8) is 0 Å². The van der Waals surface area contributed by atoms with E-state index in [1.807, 2.05) is 27.7 Å². The van der Waals surface area contributed by atoms with Gasteiger partial charge in [0.25, 0.3) is 0 Å². The SMILES string of the molecule is CCCNC(=O)OC(C)(C)C.Cl.N. The largest absolute Gasteiger partial charge is 0.444 e. The molecule has 0 unspecified atom stereocenters. The van der Waals surface area contributed by atoms with Crippen molar-refractivity contribution in [3.8, 4) is 0 Å². The van der Waals surface area contributed by atoms with E-state index in [4.69, 9.17) is 4.74 Å². The number of nitrogens with one attached hydrogen (secondary N) is 1. The van der Waals surface area contributed by atoms with Crippen molar-refractivity contribution >= 4 is 18.5 Å². The van der Waals surface area contributed by atoms with E-state index in [1.165, 1.54) is 0 Å². The van der Waals surface area contributed by atoms with Gasteiger partial charge in [0, 0.05) is 6.54 Å². The molecular weight excluding hydrogens is 192 g/mol. The summed E-state index contributed by atoms with van der Waals surface area (Å²) in [5.74, 6) is 0. The maximum atomic E-state index is 10.9. The molecule has 0 aliphatic heterocycles. The minimum Gasteiger partial charge on any atom is -0.444 e. The highest BCUT2D eigenvalue weighted by molar-refractivity contribution is 5.85. The second kappa shape index (κ2) is 8.13. The van der Waals surface area contributed by atoms with Gasteiger partial charge in [0.15, 0.2) is 0 Å². The van der Waals surface area contributed by atoms with Crippen LogP contribution in [0.25, 0.3) is 0 Å². The third-order valence-corrected chi connectivity index (χ3v) is 0.918. The fourth-order valence-corrected chi connectivity index (χ4v) is 0.541. The van der Waals surface area contributed by atoms with Crippen LogP contribution >= 0.6 is 12.4 Å². The van der Waals surface area contributed by atoms with Crippen LogP contribution in [-0.2, 0) is 4.74 Å². The standard InChI is InChI=1S/C8H17NO2.ClH.H3N/c1-5-6-9-7(10)11-8(2,3)4;;/h5-6H2,1-4H3,(H,9,10);1H;1H3. The Labute approximate surface area is 86.4 Å².